The number of halogens is 2. The zero-order chi connectivity index (χ0) is 95.6. The molecule has 0 spiro atoms. The van der Waals surface area contributed by atoms with E-state index in [9.17, 15) is 0 Å². The van der Waals surface area contributed by atoms with Crippen LogP contribution in [0.5, 0.6) is 0 Å². The monoisotopic (exact) mass is 1900 g/mol. The maximum absolute atomic E-state index is 3.87. The van der Waals surface area contributed by atoms with Gasteiger partial charge in [0.05, 0.1) is 22.4 Å². The van der Waals surface area contributed by atoms with Crippen LogP contribution in [0.25, 0.3) is 92.8 Å². The zero-order valence-corrected chi connectivity index (χ0v) is 86.1. The van der Waals surface area contributed by atoms with Crippen LogP contribution in [0.15, 0.2) is 373 Å². The van der Waals surface area contributed by atoms with Gasteiger partial charge in [-0.1, -0.05) is 394 Å². The first-order valence-electron chi connectivity index (χ1n) is 48.5. The number of hydrogen-bond donors (Lipinski definition) is 1. The summed E-state index contributed by atoms with van der Waals surface area (Å²) in [5.41, 5.74) is 35.2. The number of rotatable bonds is 11. The first-order chi connectivity index (χ1) is 64.7. The Bertz CT molecular complexity index is 7580. The average Bonchev–Trinajstić information content (AvgIpc) is 0.965. The molecule has 680 valence electrons. The van der Waals surface area contributed by atoms with Crippen molar-refractivity contribution in [2.75, 3.05) is 15.1 Å². The van der Waals surface area contributed by atoms with Crippen LogP contribution >= 0.6 is 31.9 Å². The number of para-hydroxylation sites is 2. The lowest BCUT2D eigenvalue weighted by Gasteiger charge is -2.35. The number of hydrogen-bond acceptors (Lipinski definition) is 3. The minimum absolute atomic E-state index is 0.0219. The van der Waals surface area contributed by atoms with Crippen molar-refractivity contribution in [1.29, 1.82) is 0 Å². The molecule has 0 bridgehead atoms. The minimum atomic E-state index is -0.142. The molecule has 0 atom stereocenters. The Morgan fingerprint density at radius 1 is 0.221 bits per heavy atom. The van der Waals surface area contributed by atoms with Crippen molar-refractivity contribution in [1.82, 2.24) is 4.57 Å². The summed E-state index contributed by atoms with van der Waals surface area (Å²) in [6.07, 6.45) is 0. The second-order valence-electron chi connectivity index (χ2n) is 44.9. The molecule has 0 saturated heterocycles. The van der Waals surface area contributed by atoms with Gasteiger partial charge < -0.3 is 19.7 Å². The molecule has 136 heavy (non-hydrogen) atoms. The highest BCUT2D eigenvalue weighted by atomic mass is 79.9. The predicted molar refractivity (Wildman–Crippen MR) is 595 cm³/mol. The summed E-state index contributed by atoms with van der Waals surface area (Å²) in [6, 6.07) is 137. The van der Waals surface area contributed by atoms with Crippen molar-refractivity contribution in [3.63, 3.8) is 0 Å². The van der Waals surface area contributed by atoms with Gasteiger partial charge in [-0.15, -0.1) is 0 Å². The third-order valence-electron chi connectivity index (χ3n) is 28.3. The Balaban J connectivity index is 0.000000177. The van der Waals surface area contributed by atoms with Crippen LogP contribution in [0.1, 0.15) is 230 Å². The highest BCUT2D eigenvalue weighted by molar-refractivity contribution is 9.11. The molecule has 0 fully saturated rings. The van der Waals surface area contributed by atoms with Gasteiger partial charge in [0.2, 0.25) is 0 Å². The second kappa shape index (κ2) is 35.4. The second-order valence-corrected chi connectivity index (χ2v) is 46.5. The van der Waals surface area contributed by atoms with Crippen LogP contribution in [-0.2, 0) is 37.9 Å². The van der Waals surface area contributed by atoms with Gasteiger partial charge >= 0.3 is 0 Å². The molecule has 0 saturated carbocycles. The topological polar surface area (TPSA) is 23.4 Å². The number of benzene rings is 18. The fraction of sp³-hybridized carbons (Fsp3) is 0.231. The summed E-state index contributed by atoms with van der Waals surface area (Å²) in [6.45, 7) is 48.2. The van der Waals surface area contributed by atoms with Gasteiger partial charge in [-0.3, -0.25) is 0 Å². The van der Waals surface area contributed by atoms with Crippen LogP contribution < -0.4 is 15.1 Å². The highest BCUT2D eigenvalue weighted by Crippen LogP contribution is 2.57. The fourth-order valence-electron chi connectivity index (χ4n) is 20.6. The molecule has 21 rings (SSSR count). The van der Waals surface area contributed by atoms with E-state index >= 15 is 0 Å². The zero-order valence-electron chi connectivity index (χ0n) is 82.9. The normalized spacial score (nSPS) is 13.1. The van der Waals surface area contributed by atoms with Gasteiger partial charge in [0.1, 0.15) is 0 Å². The maximum Gasteiger partial charge on any atom is 0.0620 e. The van der Waals surface area contributed by atoms with E-state index < -0.39 is 0 Å². The molecule has 0 radical (unpaired) electrons. The molecule has 0 amide bonds. The Kier molecular flexibility index (Phi) is 24.0. The molecule has 0 unspecified atom stereocenters. The summed E-state index contributed by atoms with van der Waals surface area (Å²) < 4.78 is 4.81. The quantitative estimate of drug-likeness (QED) is 0.103. The first-order valence-corrected chi connectivity index (χ1v) is 50.1. The average molecular weight is 1900 g/mol. The van der Waals surface area contributed by atoms with Gasteiger partial charge in [-0.2, -0.15) is 0 Å². The Labute approximate surface area is 823 Å². The van der Waals surface area contributed by atoms with E-state index in [1.165, 1.54) is 168 Å². The van der Waals surface area contributed by atoms with Gasteiger partial charge in [0.15, 0.2) is 0 Å². The molecule has 19 aromatic rings. The Morgan fingerprint density at radius 2 is 0.522 bits per heavy atom. The lowest BCUT2D eigenvalue weighted by atomic mass is 9.82. The van der Waals surface area contributed by atoms with Gasteiger partial charge in [-0.05, 0) is 301 Å². The van der Waals surface area contributed by atoms with Crippen LogP contribution in [-0.4, -0.2) is 4.57 Å². The molecular formula is C130H126Br2N4. The number of nitrogens with one attached hydrogen (secondary N) is 1. The van der Waals surface area contributed by atoms with E-state index in [0.717, 1.165) is 51.2 Å². The van der Waals surface area contributed by atoms with Crippen molar-refractivity contribution in [2.45, 2.75) is 195 Å². The number of nitrogens with zero attached hydrogens (tertiary/aromatic N) is 3. The lowest BCUT2D eigenvalue weighted by Crippen LogP contribution is -2.18. The summed E-state index contributed by atoms with van der Waals surface area (Å²) in [7, 11) is 0. The Morgan fingerprint density at radius 3 is 0.897 bits per heavy atom. The van der Waals surface area contributed by atoms with E-state index in [1.54, 1.807) is 0 Å². The summed E-state index contributed by atoms with van der Waals surface area (Å²) >= 11 is 7.74. The molecular weight excluding hydrogens is 1780 g/mol. The van der Waals surface area contributed by atoms with E-state index in [-0.39, 0.29) is 49.7 Å². The van der Waals surface area contributed by atoms with Crippen molar-refractivity contribution in [3.8, 4) is 27.9 Å². The van der Waals surface area contributed by atoms with Crippen molar-refractivity contribution < 1.29 is 0 Å². The van der Waals surface area contributed by atoms with Crippen LogP contribution in [0.3, 0.4) is 0 Å². The van der Waals surface area contributed by atoms with E-state index in [1.807, 2.05) is 0 Å². The third kappa shape index (κ3) is 17.6. The minimum Gasteiger partial charge on any atom is -0.356 e. The van der Waals surface area contributed by atoms with E-state index in [2.05, 4.69) is 561 Å². The maximum atomic E-state index is 3.87. The lowest BCUT2D eigenvalue weighted by molar-refractivity contribution is 0.590. The summed E-state index contributed by atoms with van der Waals surface area (Å²) in [5.74, 6) is 0.370. The molecule has 2 aliphatic rings. The molecule has 1 heterocycles. The number of anilines is 8. The molecule has 6 heteroatoms. The van der Waals surface area contributed by atoms with Gasteiger partial charge in [-0.25, -0.2) is 0 Å². The van der Waals surface area contributed by atoms with Crippen LogP contribution in [0, 0.1) is 0 Å². The largest absolute Gasteiger partial charge is 0.356 e. The smallest absolute Gasteiger partial charge is 0.0620 e. The summed E-state index contributed by atoms with van der Waals surface area (Å²) in [4.78, 5) is 5.16. The molecule has 1 aromatic heterocycles. The fourth-order valence-corrected chi connectivity index (χ4v) is 21.9. The van der Waals surface area contributed by atoms with E-state index in [0.29, 0.717) is 0 Å². The summed E-state index contributed by atoms with van der Waals surface area (Å²) in [5, 5.41) is 15.9. The number of aromatic nitrogens is 1. The van der Waals surface area contributed by atoms with Gasteiger partial charge in [0, 0.05) is 92.9 Å². The first kappa shape index (κ1) is 92.2. The molecule has 18 aromatic carbocycles. The Hall–Kier alpha value is -12.8. The van der Waals surface area contributed by atoms with Gasteiger partial charge in [0.25, 0.3) is 0 Å². The van der Waals surface area contributed by atoms with Crippen LogP contribution in [0.4, 0.5) is 45.5 Å². The predicted octanol–water partition coefficient (Wildman–Crippen LogP) is 38.4. The number of fused-ring (bicyclic) bond motifs is 13. The van der Waals surface area contributed by atoms with Crippen molar-refractivity contribution in [2.24, 2.45) is 0 Å². The van der Waals surface area contributed by atoms with Crippen LogP contribution in [0.2, 0.25) is 0 Å². The third-order valence-corrected chi connectivity index (χ3v) is 30.0. The van der Waals surface area contributed by atoms with Crippen molar-refractivity contribution >= 4 is 142 Å². The standard InChI is InChI=1S/C79H75N3.C29H27N.C22H24Br2/c1-76(2,3)52-35-41-56(42-36-52)80(58-24-21-23-51(47-58)73-65-31-15-13-27-61(65)62-28-14-16-32-66(62)73)74-67-45-39-55(79(10,11)12)49-70(67)75(68-46-40-54(48-69(68)74)78(7,8)9)81(57-43-37-53(38-44-57)77(4,5)6)59-25-22-26-60(50-59)82-71-33-19-17-29-63(71)64-30-18-20-34-72(64)82;1-29(2,3)21-15-17-22(18-16-21)30-23-10-8-9-20(19-23)28-26-13-6-4-11-24(26)25-12-5-7-14-27(25)28;1-21(2,3)13-7-9-15-17(11-13)19(23)16-10-8-14(22(4,5)6)12-18(16)20(15)24/h13-50,73H,1-12H3;4-19,28,30H,1-3H3;7-12H,1-6H3. The molecule has 4 nitrogen and oxygen atoms in total. The van der Waals surface area contributed by atoms with E-state index in [4.69, 9.17) is 0 Å². The molecule has 0 aliphatic heterocycles. The highest BCUT2D eigenvalue weighted by Gasteiger charge is 2.36. The molecule has 2 aliphatic carbocycles. The SMILES string of the molecule is CC(C)(C)c1ccc(N(c2cccc(C3c4ccccc4-c4ccccc43)c2)c2c3ccc(C(C)(C)C)cc3c(N(c3ccc(C(C)(C)C)cc3)c3cccc(-n4c5ccccc5c5ccccc54)c3)c3ccc(C(C)(C)C)cc23)cc1.CC(C)(C)c1ccc(Nc2cccc(C3c4ccccc4-c4ccccc43)c2)cc1.CC(C)(C)c1ccc2c(Br)c3cc(C(C)(C)C)ccc3c(Br)c2c1. The molecule has 1 N–H and O–H groups in total. The van der Waals surface area contributed by atoms with Crippen molar-refractivity contribution in [3.05, 3.63) is 445 Å².